The van der Waals surface area contributed by atoms with Gasteiger partial charge in [0.25, 0.3) is 0 Å². The van der Waals surface area contributed by atoms with E-state index in [2.05, 4.69) is 5.32 Å². The first-order valence-corrected chi connectivity index (χ1v) is 12.7. The van der Waals surface area contributed by atoms with Gasteiger partial charge in [0, 0.05) is 24.5 Å². The molecule has 0 radical (unpaired) electrons. The summed E-state index contributed by atoms with van der Waals surface area (Å²) < 4.78 is 0. The van der Waals surface area contributed by atoms with Gasteiger partial charge in [0.15, 0.2) is 0 Å². The Morgan fingerprint density at radius 3 is 2.17 bits per heavy atom. The Kier molecular flexibility index (Phi) is 10.0. The van der Waals surface area contributed by atoms with Crippen molar-refractivity contribution in [3.05, 3.63) is 105 Å². The Morgan fingerprint density at radius 1 is 0.829 bits per heavy atom. The van der Waals surface area contributed by atoms with Crippen molar-refractivity contribution in [3.63, 3.8) is 0 Å². The minimum atomic E-state index is -0.720. The highest BCUT2D eigenvalue weighted by Crippen LogP contribution is 2.25. The molecule has 2 amide bonds. The molecule has 0 bridgehead atoms. The molecule has 0 aromatic heterocycles. The maximum absolute atomic E-state index is 13.7. The van der Waals surface area contributed by atoms with Crippen LogP contribution in [0.2, 0.25) is 15.1 Å². The summed E-state index contributed by atoms with van der Waals surface area (Å²) in [6, 6.07) is 21.4. The van der Waals surface area contributed by atoms with E-state index >= 15 is 0 Å². The molecule has 0 aliphatic carbocycles. The van der Waals surface area contributed by atoms with Gasteiger partial charge in [-0.2, -0.15) is 0 Å². The van der Waals surface area contributed by atoms with Crippen LogP contribution in [0, 0.1) is 5.92 Å². The van der Waals surface area contributed by atoms with Crippen molar-refractivity contribution in [2.45, 2.75) is 39.3 Å². The first-order chi connectivity index (χ1) is 16.7. The molecule has 0 aliphatic rings. The molecule has 0 saturated carbocycles. The zero-order valence-corrected chi connectivity index (χ0v) is 22.1. The maximum Gasteiger partial charge on any atom is 0.243 e. The molecule has 0 spiro atoms. The molecule has 0 saturated heterocycles. The molecular formula is C28H29Cl3N2O2. The molecule has 1 atom stereocenters. The zero-order valence-electron chi connectivity index (χ0n) is 19.8. The second-order valence-electron chi connectivity index (χ2n) is 8.88. The molecule has 0 aliphatic heterocycles. The summed E-state index contributed by atoms with van der Waals surface area (Å²) in [4.78, 5) is 28.8. The van der Waals surface area contributed by atoms with Crippen molar-refractivity contribution in [2.24, 2.45) is 5.92 Å². The standard InChI is InChI=1S/C28H29Cl3N2O2/c1-19(2)17-32-28(35)26(15-20-8-4-3-5-9-20)33(18-22-10-6-7-11-23(22)29)27(34)16-21-12-13-24(30)25(31)14-21/h3-14,19,26H,15-18H2,1-2H3,(H,32,35)/t26-/m0/s1. The minimum absolute atomic E-state index is 0.0735. The van der Waals surface area contributed by atoms with Crippen molar-refractivity contribution in [1.29, 1.82) is 0 Å². The van der Waals surface area contributed by atoms with E-state index in [0.717, 1.165) is 16.7 Å². The van der Waals surface area contributed by atoms with Gasteiger partial charge in [-0.05, 0) is 40.8 Å². The molecule has 184 valence electrons. The Labute approximate surface area is 222 Å². The summed E-state index contributed by atoms with van der Waals surface area (Å²) >= 11 is 18.7. The number of nitrogens with zero attached hydrogens (tertiary/aromatic N) is 1. The Bertz CT molecular complexity index is 1150. The lowest BCUT2D eigenvalue weighted by atomic mass is 10.0. The van der Waals surface area contributed by atoms with Gasteiger partial charge in [0.1, 0.15) is 6.04 Å². The summed E-state index contributed by atoms with van der Waals surface area (Å²) in [6.07, 6.45) is 0.451. The minimum Gasteiger partial charge on any atom is -0.354 e. The molecule has 3 rings (SSSR count). The van der Waals surface area contributed by atoms with Gasteiger partial charge in [-0.25, -0.2) is 0 Å². The Hall–Kier alpha value is -2.53. The van der Waals surface area contributed by atoms with Crippen LogP contribution in [0.3, 0.4) is 0 Å². The van der Waals surface area contributed by atoms with E-state index in [1.807, 2.05) is 62.4 Å². The van der Waals surface area contributed by atoms with Crippen LogP contribution < -0.4 is 5.32 Å². The van der Waals surface area contributed by atoms with E-state index < -0.39 is 6.04 Å². The third kappa shape index (κ3) is 7.99. The second kappa shape index (κ2) is 13.0. The lowest BCUT2D eigenvalue weighted by molar-refractivity contribution is -0.140. The summed E-state index contributed by atoms with van der Waals surface area (Å²) in [5.41, 5.74) is 2.45. The first kappa shape index (κ1) is 27.1. The van der Waals surface area contributed by atoms with Crippen molar-refractivity contribution in [3.8, 4) is 0 Å². The van der Waals surface area contributed by atoms with Crippen molar-refractivity contribution in [1.82, 2.24) is 10.2 Å². The predicted molar refractivity (Wildman–Crippen MR) is 144 cm³/mol. The van der Waals surface area contributed by atoms with Crippen LogP contribution >= 0.6 is 34.8 Å². The molecule has 0 heterocycles. The van der Waals surface area contributed by atoms with Crippen LogP contribution in [0.5, 0.6) is 0 Å². The summed E-state index contributed by atoms with van der Waals surface area (Å²) in [5, 5.41) is 4.36. The fourth-order valence-corrected chi connectivity index (χ4v) is 4.23. The van der Waals surface area contributed by atoms with Crippen LogP contribution in [-0.2, 0) is 29.0 Å². The van der Waals surface area contributed by atoms with Gasteiger partial charge in [0.05, 0.1) is 16.5 Å². The highest BCUT2D eigenvalue weighted by atomic mass is 35.5. The van der Waals surface area contributed by atoms with Gasteiger partial charge in [-0.3, -0.25) is 9.59 Å². The molecule has 0 unspecified atom stereocenters. The summed E-state index contributed by atoms with van der Waals surface area (Å²) in [6.45, 7) is 4.78. The average molecular weight is 532 g/mol. The van der Waals surface area contributed by atoms with Crippen molar-refractivity contribution < 1.29 is 9.59 Å². The summed E-state index contributed by atoms with van der Waals surface area (Å²) in [5.74, 6) is -0.124. The number of amides is 2. The van der Waals surface area contributed by atoms with E-state index in [1.54, 1.807) is 29.2 Å². The van der Waals surface area contributed by atoms with Crippen LogP contribution in [0.1, 0.15) is 30.5 Å². The van der Waals surface area contributed by atoms with E-state index in [9.17, 15) is 9.59 Å². The smallest absolute Gasteiger partial charge is 0.243 e. The fraction of sp³-hybridized carbons (Fsp3) is 0.286. The maximum atomic E-state index is 13.7. The highest BCUT2D eigenvalue weighted by molar-refractivity contribution is 6.42. The van der Waals surface area contributed by atoms with Crippen molar-refractivity contribution >= 4 is 46.6 Å². The average Bonchev–Trinajstić information content (AvgIpc) is 2.83. The Morgan fingerprint density at radius 2 is 1.51 bits per heavy atom. The molecule has 7 heteroatoms. The van der Waals surface area contributed by atoms with Crippen molar-refractivity contribution in [2.75, 3.05) is 6.54 Å². The van der Waals surface area contributed by atoms with Crippen LogP contribution in [0.25, 0.3) is 0 Å². The topological polar surface area (TPSA) is 49.4 Å². The van der Waals surface area contributed by atoms with E-state index in [-0.39, 0.29) is 30.7 Å². The van der Waals surface area contributed by atoms with Gasteiger partial charge in [-0.1, -0.05) is 103 Å². The number of carbonyl (C=O) groups excluding carboxylic acids is 2. The van der Waals surface area contributed by atoms with Crippen LogP contribution in [-0.4, -0.2) is 29.3 Å². The molecule has 0 fully saturated rings. The monoisotopic (exact) mass is 530 g/mol. The lowest BCUT2D eigenvalue weighted by Gasteiger charge is -2.32. The quantitative estimate of drug-likeness (QED) is 0.320. The molecule has 3 aromatic rings. The predicted octanol–water partition coefficient (Wildman–Crippen LogP) is 6.60. The van der Waals surface area contributed by atoms with Crippen LogP contribution in [0.15, 0.2) is 72.8 Å². The molecule has 4 nitrogen and oxygen atoms in total. The largest absolute Gasteiger partial charge is 0.354 e. The molecule has 1 N–H and O–H groups in total. The van der Waals surface area contributed by atoms with E-state index in [0.29, 0.717) is 28.0 Å². The van der Waals surface area contributed by atoms with Gasteiger partial charge < -0.3 is 10.2 Å². The number of halogens is 3. The summed E-state index contributed by atoms with van der Waals surface area (Å²) in [7, 11) is 0. The SMILES string of the molecule is CC(C)CNC(=O)[C@H](Cc1ccccc1)N(Cc1ccccc1Cl)C(=O)Cc1ccc(Cl)c(Cl)c1. The highest BCUT2D eigenvalue weighted by Gasteiger charge is 2.31. The number of hydrogen-bond donors (Lipinski definition) is 1. The molecule has 3 aromatic carbocycles. The number of nitrogens with one attached hydrogen (secondary N) is 1. The molecular weight excluding hydrogens is 503 g/mol. The van der Waals surface area contributed by atoms with Crippen LogP contribution in [0.4, 0.5) is 0 Å². The number of rotatable bonds is 10. The Balaban J connectivity index is 1.98. The van der Waals surface area contributed by atoms with Gasteiger partial charge in [-0.15, -0.1) is 0 Å². The fourth-order valence-electron chi connectivity index (χ4n) is 3.71. The first-order valence-electron chi connectivity index (χ1n) is 11.5. The zero-order chi connectivity index (χ0) is 25.4. The number of benzene rings is 3. The number of hydrogen-bond acceptors (Lipinski definition) is 2. The van der Waals surface area contributed by atoms with E-state index in [1.165, 1.54) is 0 Å². The third-order valence-electron chi connectivity index (χ3n) is 5.59. The molecule has 35 heavy (non-hydrogen) atoms. The second-order valence-corrected chi connectivity index (χ2v) is 10.1. The van der Waals surface area contributed by atoms with Gasteiger partial charge >= 0.3 is 0 Å². The number of carbonyl (C=O) groups is 2. The normalized spacial score (nSPS) is 11.8. The van der Waals surface area contributed by atoms with E-state index in [4.69, 9.17) is 34.8 Å². The van der Waals surface area contributed by atoms with Gasteiger partial charge in [0.2, 0.25) is 11.8 Å². The lowest BCUT2D eigenvalue weighted by Crippen LogP contribution is -2.51. The third-order valence-corrected chi connectivity index (χ3v) is 6.70.